The van der Waals surface area contributed by atoms with Gasteiger partial charge in [-0.1, -0.05) is 191 Å². The Labute approximate surface area is 398 Å². The van der Waals surface area contributed by atoms with Gasteiger partial charge in [-0.25, -0.2) is 4.57 Å². The first-order valence-corrected chi connectivity index (χ1v) is 29.9. The number of phosphoric ester groups is 1. The van der Waals surface area contributed by atoms with Gasteiger partial charge in [0.15, 0.2) is 0 Å². The van der Waals surface area contributed by atoms with Gasteiger partial charge < -0.3 is 0 Å². The highest BCUT2D eigenvalue weighted by molar-refractivity contribution is 9.13. The minimum Gasteiger partial charge on any atom is -0.280 e. The normalized spacial score (nSPS) is 21.4. The minimum atomic E-state index is -4.47. The van der Waals surface area contributed by atoms with Gasteiger partial charge in [0, 0.05) is 78.6 Å². The lowest BCUT2D eigenvalue weighted by atomic mass is 9.90. The van der Waals surface area contributed by atoms with Gasteiger partial charge in [0.2, 0.25) is 0 Å². The summed E-state index contributed by atoms with van der Waals surface area (Å²) in [7, 11) is -4.47. The van der Waals surface area contributed by atoms with E-state index in [1.165, 1.54) is 0 Å². The molecule has 0 aromatic rings. The van der Waals surface area contributed by atoms with Crippen LogP contribution in [-0.4, -0.2) is 95.4 Å². The third kappa shape index (κ3) is 21.9. The second-order valence-electron chi connectivity index (χ2n) is 11.3. The summed E-state index contributed by atoms with van der Waals surface area (Å²) < 4.78 is 37.0. The molecule has 6 unspecified atom stereocenters. The van der Waals surface area contributed by atoms with Crippen molar-refractivity contribution in [2.75, 3.05) is 49.6 Å². The Bertz CT molecular complexity index is 737. The molecule has 0 aromatic carbocycles. The van der Waals surface area contributed by atoms with E-state index < -0.39 is 24.6 Å². The first-order valence-electron chi connectivity index (χ1n) is 14.6. The largest absolute Gasteiger partial charge is 0.476 e. The van der Waals surface area contributed by atoms with E-state index in [-0.39, 0.29) is 46.6 Å². The van der Waals surface area contributed by atoms with E-state index in [1.54, 1.807) is 0 Å². The number of hydrogen-bond acceptors (Lipinski definition) is 4. The summed E-state index contributed by atoms with van der Waals surface area (Å²) in [5.74, 6) is 0.845. The number of halogens is 15. The van der Waals surface area contributed by atoms with Crippen molar-refractivity contribution in [2.45, 2.75) is 104 Å². The van der Waals surface area contributed by atoms with Crippen LogP contribution in [0.15, 0.2) is 0 Å². The van der Waals surface area contributed by atoms with Crippen molar-refractivity contribution >= 4 is 234 Å². The summed E-state index contributed by atoms with van der Waals surface area (Å²) in [6.07, 6.45) is 4.23. The highest BCUT2D eigenvalue weighted by Crippen LogP contribution is 2.63. The molecule has 6 atom stereocenters. The van der Waals surface area contributed by atoms with Crippen molar-refractivity contribution in [3.05, 3.63) is 0 Å². The smallest absolute Gasteiger partial charge is 0.280 e. The van der Waals surface area contributed by atoms with Crippen molar-refractivity contribution in [1.82, 2.24) is 0 Å². The maximum atomic E-state index is 15.9. The number of hydrogen-bond donors (Lipinski definition) is 0. The molecule has 0 saturated heterocycles. The molecule has 47 heavy (non-hydrogen) atoms. The first-order chi connectivity index (χ1) is 22.0. The first kappa shape index (κ1) is 53.7. The molecule has 0 aliphatic rings. The fraction of sp³-hybridized carbons (Fsp3) is 1.00. The monoisotopic (exact) mass is 1510 g/mol. The van der Waals surface area contributed by atoms with Crippen molar-refractivity contribution in [3.8, 4) is 0 Å². The molecule has 0 bridgehead atoms. The van der Waals surface area contributed by atoms with Crippen LogP contribution in [0.4, 0.5) is 0 Å². The summed E-state index contributed by atoms with van der Waals surface area (Å²) >= 11 is 63.9. The van der Waals surface area contributed by atoms with Gasteiger partial charge in [-0.3, -0.25) is 13.6 Å². The summed E-state index contributed by atoms with van der Waals surface area (Å²) in [5, 5.41) is 3.92. The quantitative estimate of drug-likeness (QED) is 0.0531. The average Bonchev–Trinajstić information content (AvgIpc) is 3.00. The van der Waals surface area contributed by atoms with E-state index in [2.05, 4.69) is 191 Å². The van der Waals surface area contributed by atoms with Crippen LogP contribution in [0, 0.1) is 0 Å². The van der Waals surface area contributed by atoms with E-state index >= 15 is 4.57 Å². The molecule has 0 aromatic heterocycles. The highest BCUT2D eigenvalue weighted by Gasteiger charge is 2.52. The van der Waals surface area contributed by atoms with Crippen molar-refractivity contribution in [3.63, 3.8) is 0 Å². The highest BCUT2D eigenvalue weighted by atomic mass is 79.9. The molecule has 0 fully saturated rings. The zero-order valence-electron chi connectivity index (χ0n) is 25.4. The van der Waals surface area contributed by atoms with Gasteiger partial charge in [0.05, 0.1) is 16.8 Å². The van der Waals surface area contributed by atoms with Gasteiger partial charge in [-0.2, -0.15) is 0 Å². The van der Waals surface area contributed by atoms with Crippen LogP contribution in [0.5, 0.6) is 0 Å². The Morgan fingerprint density at radius 2 is 0.596 bits per heavy atom. The van der Waals surface area contributed by atoms with E-state index in [9.17, 15) is 0 Å². The number of rotatable bonds is 30. The van der Waals surface area contributed by atoms with Gasteiger partial charge in [-0.15, -0.1) is 34.8 Å². The van der Waals surface area contributed by atoms with Crippen LogP contribution in [0.25, 0.3) is 0 Å². The molecule has 0 amide bonds. The lowest BCUT2D eigenvalue weighted by molar-refractivity contribution is -0.0810. The number of alkyl halides is 15. The second-order valence-corrected chi connectivity index (χ2v) is 25.6. The van der Waals surface area contributed by atoms with Gasteiger partial charge >= 0.3 is 7.82 Å². The predicted molar refractivity (Wildman–Crippen MR) is 252 cm³/mol. The summed E-state index contributed by atoms with van der Waals surface area (Å²) in [4.78, 5) is -0.0241. The Morgan fingerprint density at radius 3 is 0.723 bits per heavy atom. The Morgan fingerprint density at radius 1 is 0.426 bits per heavy atom. The van der Waals surface area contributed by atoms with Crippen molar-refractivity contribution in [1.29, 1.82) is 0 Å². The zero-order valence-corrected chi connectivity index (χ0v) is 47.6. The van der Waals surface area contributed by atoms with Crippen molar-refractivity contribution in [2.24, 2.45) is 0 Å². The lowest BCUT2D eigenvalue weighted by Gasteiger charge is -2.46. The van der Waals surface area contributed by atoms with Crippen LogP contribution in [-0.2, 0) is 18.1 Å². The molecular weight excluding hydrogens is 1480 g/mol. The zero-order chi connectivity index (χ0) is 36.3. The molecule has 0 spiro atoms. The van der Waals surface area contributed by atoms with E-state index in [0.29, 0.717) is 89.8 Å². The SMILES string of the molecule is O=P(OC(CCCl)(CC(Br)CBr)CC(Br)CBr)(OC(CCCl)(CC(Br)CBr)CC(Br)CBr)OC(CCCl)(CC(Br)CBr)CC(Br)CBr. The second kappa shape index (κ2) is 29.0. The maximum absolute atomic E-state index is 15.9. The van der Waals surface area contributed by atoms with E-state index in [0.717, 1.165) is 0 Å². The average molecular weight is 1530 g/mol. The molecule has 20 heteroatoms. The topological polar surface area (TPSA) is 44.8 Å². The molecule has 284 valence electrons. The van der Waals surface area contributed by atoms with E-state index in [1.807, 2.05) is 0 Å². The molecule has 4 nitrogen and oxygen atoms in total. The van der Waals surface area contributed by atoms with Gasteiger partial charge in [0.25, 0.3) is 0 Å². The molecular formula is C27H42Br12Cl3O4P. The standard InChI is InChI=1S/C27H42Br12Cl3O4P/c28-13-19(34)7-25(1-4-40,8-20(35)14-29)44-47(43,45-26(2-5-41,9-21(36)15-30)10-22(37)16-31)46-27(3-6-42,11-23(38)17-32)12-24(39)18-33/h19-24H,1-18H2. The van der Waals surface area contributed by atoms with Crippen LogP contribution >= 0.6 is 234 Å². The van der Waals surface area contributed by atoms with Crippen LogP contribution in [0.2, 0.25) is 0 Å². The summed E-state index contributed by atoms with van der Waals surface area (Å²) in [6.45, 7) is 0. The fourth-order valence-electron chi connectivity index (χ4n) is 5.26. The van der Waals surface area contributed by atoms with Crippen LogP contribution in [0.1, 0.15) is 57.8 Å². The maximum Gasteiger partial charge on any atom is 0.476 e. The Kier molecular flexibility index (Phi) is 33.2. The minimum absolute atomic E-state index is 0.00401. The lowest BCUT2D eigenvalue weighted by Crippen LogP contribution is -2.45. The molecule has 0 aliphatic heterocycles. The molecule has 0 N–H and O–H groups in total. The third-order valence-corrected chi connectivity index (χ3v) is 23.3. The Balaban J connectivity index is 7.78. The summed E-state index contributed by atoms with van der Waals surface area (Å²) in [6, 6.07) is 0. The van der Waals surface area contributed by atoms with E-state index in [4.69, 9.17) is 48.4 Å². The molecule has 0 heterocycles. The van der Waals surface area contributed by atoms with Gasteiger partial charge in [0.1, 0.15) is 0 Å². The summed E-state index contributed by atoms with van der Waals surface area (Å²) in [5.41, 5.74) is -2.96. The van der Waals surface area contributed by atoms with Crippen molar-refractivity contribution < 1.29 is 18.1 Å². The molecule has 0 saturated carbocycles. The van der Waals surface area contributed by atoms with Crippen LogP contribution in [0.3, 0.4) is 0 Å². The molecule has 0 rings (SSSR count). The van der Waals surface area contributed by atoms with Crippen LogP contribution < -0.4 is 0 Å². The molecule has 0 aliphatic carbocycles. The number of phosphoric acid groups is 1. The fourth-order valence-corrected chi connectivity index (χ4v) is 13.5. The molecule has 0 radical (unpaired) electrons. The Hall–Kier alpha value is 6.74. The predicted octanol–water partition coefficient (Wildman–Crippen LogP) is 15.5. The third-order valence-electron chi connectivity index (χ3n) is 7.13. The van der Waals surface area contributed by atoms with Gasteiger partial charge in [-0.05, 0) is 57.8 Å².